The predicted molar refractivity (Wildman–Crippen MR) is 98.1 cm³/mol. The summed E-state index contributed by atoms with van der Waals surface area (Å²) in [7, 11) is 0. The highest BCUT2D eigenvalue weighted by atomic mass is 35.5. The SMILES string of the molecule is C=Cc1ccc(-c2cc(Cl)nc(-c3ccccc3)n2)cc1C=C. The zero-order chi connectivity index (χ0) is 16.2. The molecule has 0 radical (unpaired) electrons. The fourth-order valence-electron chi connectivity index (χ4n) is 2.38. The van der Waals surface area contributed by atoms with Gasteiger partial charge in [-0.25, -0.2) is 9.97 Å². The van der Waals surface area contributed by atoms with Crippen LogP contribution in [0.1, 0.15) is 11.1 Å². The van der Waals surface area contributed by atoms with Crippen LogP contribution < -0.4 is 0 Å². The van der Waals surface area contributed by atoms with Crippen molar-refractivity contribution >= 4 is 23.8 Å². The maximum Gasteiger partial charge on any atom is 0.161 e. The van der Waals surface area contributed by atoms with Crippen LogP contribution in [0.5, 0.6) is 0 Å². The Balaban J connectivity index is 2.12. The lowest BCUT2D eigenvalue weighted by molar-refractivity contribution is 1.18. The molecule has 0 fully saturated rings. The molecule has 3 aromatic rings. The summed E-state index contributed by atoms with van der Waals surface area (Å²) >= 11 is 6.19. The molecule has 0 spiro atoms. The third-order valence-corrected chi connectivity index (χ3v) is 3.74. The molecule has 2 aromatic carbocycles. The molecule has 0 N–H and O–H groups in total. The molecule has 112 valence electrons. The Hall–Kier alpha value is -2.71. The van der Waals surface area contributed by atoms with E-state index in [1.807, 2.05) is 54.6 Å². The van der Waals surface area contributed by atoms with E-state index in [1.54, 1.807) is 12.1 Å². The topological polar surface area (TPSA) is 25.8 Å². The van der Waals surface area contributed by atoms with Gasteiger partial charge in [-0.15, -0.1) is 0 Å². The molecule has 3 rings (SSSR count). The highest BCUT2D eigenvalue weighted by Crippen LogP contribution is 2.26. The lowest BCUT2D eigenvalue weighted by Gasteiger charge is -2.08. The van der Waals surface area contributed by atoms with Gasteiger partial charge >= 0.3 is 0 Å². The number of hydrogen-bond acceptors (Lipinski definition) is 2. The zero-order valence-corrected chi connectivity index (χ0v) is 13.3. The Kier molecular flexibility index (Phi) is 4.35. The summed E-state index contributed by atoms with van der Waals surface area (Å²) in [6.07, 6.45) is 3.62. The van der Waals surface area contributed by atoms with Crippen LogP contribution in [0.25, 0.3) is 34.8 Å². The van der Waals surface area contributed by atoms with E-state index in [9.17, 15) is 0 Å². The van der Waals surface area contributed by atoms with Crippen LogP contribution in [0.2, 0.25) is 5.15 Å². The number of benzene rings is 2. The van der Waals surface area contributed by atoms with Crippen LogP contribution in [0.15, 0.2) is 67.8 Å². The van der Waals surface area contributed by atoms with Gasteiger partial charge in [-0.1, -0.05) is 79.4 Å². The molecular weight excluding hydrogens is 304 g/mol. The number of hydrogen-bond donors (Lipinski definition) is 0. The average Bonchev–Trinajstić information content (AvgIpc) is 2.61. The van der Waals surface area contributed by atoms with Gasteiger partial charge in [-0.05, 0) is 17.2 Å². The summed E-state index contributed by atoms with van der Waals surface area (Å²) in [5.41, 5.74) is 4.72. The van der Waals surface area contributed by atoms with Gasteiger partial charge in [0.05, 0.1) is 5.69 Å². The minimum Gasteiger partial charge on any atom is -0.228 e. The molecule has 0 saturated heterocycles. The fourth-order valence-corrected chi connectivity index (χ4v) is 2.56. The first kappa shape index (κ1) is 15.2. The highest BCUT2D eigenvalue weighted by Gasteiger charge is 2.08. The van der Waals surface area contributed by atoms with Crippen molar-refractivity contribution in [2.45, 2.75) is 0 Å². The zero-order valence-electron chi connectivity index (χ0n) is 12.5. The molecule has 0 unspecified atom stereocenters. The summed E-state index contributed by atoms with van der Waals surface area (Å²) in [6, 6.07) is 17.6. The Morgan fingerprint density at radius 3 is 2.22 bits per heavy atom. The molecule has 0 aliphatic heterocycles. The van der Waals surface area contributed by atoms with E-state index in [2.05, 4.69) is 23.1 Å². The number of aromatic nitrogens is 2. The van der Waals surface area contributed by atoms with E-state index in [0.29, 0.717) is 11.0 Å². The van der Waals surface area contributed by atoms with Gasteiger partial charge in [0.15, 0.2) is 5.82 Å². The standard InChI is InChI=1S/C20H15ClN2/c1-3-14-10-11-17(12-15(14)4-2)18-13-19(21)23-20(22-18)16-8-6-5-7-9-16/h3-13H,1-2H2. The summed E-state index contributed by atoms with van der Waals surface area (Å²) < 4.78 is 0. The number of nitrogens with zero attached hydrogens (tertiary/aromatic N) is 2. The third kappa shape index (κ3) is 3.22. The molecule has 0 aliphatic carbocycles. The van der Waals surface area contributed by atoms with Crippen molar-refractivity contribution in [1.82, 2.24) is 9.97 Å². The second kappa shape index (κ2) is 6.59. The maximum atomic E-state index is 6.19. The van der Waals surface area contributed by atoms with Gasteiger partial charge in [0, 0.05) is 17.2 Å². The van der Waals surface area contributed by atoms with Crippen LogP contribution in [-0.4, -0.2) is 9.97 Å². The van der Waals surface area contributed by atoms with Gasteiger partial charge in [0.2, 0.25) is 0 Å². The minimum atomic E-state index is 0.418. The minimum absolute atomic E-state index is 0.418. The molecule has 23 heavy (non-hydrogen) atoms. The quantitative estimate of drug-likeness (QED) is 0.572. The lowest BCUT2D eigenvalue weighted by Crippen LogP contribution is -1.93. The van der Waals surface area contributed by atoms with Crippen molar-refractivity contribution in [1.29, 1.82) is 0 Å². The van der Waals surface area contributed by atoms with Crippen molar-refractivity contribution in [2.24, 2.45) is 0 Å². The predicted octanol–water partition coefficient (Wildman–Crippen LogP) is 5.75. The second-order valence-electron chi connectivity index (χ2n) is 5.02. The van der Waals surface area contributed by atoms with Gasteiger partial charge in [0.1, 0.15) is 5.15 Å². The molecule has 2 nitrogen and oxygen atoms in total. The monoisotopic (exact) mass is 318 g/mol. The van der Waals surface area contributed by atoms with E-state index < -0.39 is 0 Å². The average molecular weight is 319 g/mol. The first-order valence-corrected chi connectivity index (χ1v) is 7.58. The van der Waals surface area contributed by atoms with E-state index in [0.717, 1.165) is 27.9 Å². The van der Waals surface area contributed by atoms with Crippen molar-refractivity contribution in [3.05, 3.63) is 84.0 Å². The largest absolute Gasteiger partial charge is 0.228 e. The highest BCUT2D eigenvalue weighted by molar-refractivity contribution is 6.29. The maximum absolute atomic E-state index is 6.19. The van der Waals surface area contributed by atoms with Crippen LogP contribution in [-0.2, 0) is 0 Å². The summed E-state index contributed by atoms with van der Waals surface area (Å²) in [5.74, 6) is 0.612. The van der Waals surface area contributed by atoms with E-state index in [4.69, 9.17) is 11.6 Å². The summed E-state index contributed by atoms with van der Waals surface area (Å²) in [5, 5.41) is 0.418. The lowest BCUT2D eigenvalue weighted by atomic mass is 10.0. The molecule has 0 aliphatic rings. The Morgan fingerprint density at radius 2 is 1.52 bits per heavy atom. The Morgan fingerprint density at radius 1 is 0.783 bits per heavy atom. The van der Waals surface area contributed by atoms with Crippen molar-refractivity contribution in [3.8, 4) is 22.6 Å². The van der Waals surface area contributed by atoms with Crippen LogP contribution in [0.3, 0.4) is 0 Å². The van der Waals surface area contributed by atoms with E-state index in [-0.39, 0.29) is 0 Å². The molecule has 0 saturated carbocycles. The second-order valence-corrected chi connectivity index (χ2v) is 5.40. The van der Waals surface area contributed by atoms with Gasteiger partial charge < -0.3 is 0 Å². The fraction of sp³-hybridized carbons (Fsp3) is 0. The molecule has 0 amide bonds. The van der Waals surface area contributed by atoms with Gasteiger partial charge in [-0.2, -0.15) is 0 Å². The van der Waals surface area contributed by atoms with E-state index in [1.165, 1.54) is 0 Å². The van der Waals surface area contributed by atoms with Crippen LogP contribution >= 0.6 is 11.6 Å². The molecular formula is C20H15ClN2. The smallest absolute Gasteiger partial charge is 0.161 e. The molecule has 0 bridgehead atoms. The normalized spacial score (nSPS) is 10.3. The van der Waals surface area contributed by atoms with Crippen molar-refractivity contribution < 1.29 is 0 Å². The Labute approximate surface area is 140 Å². The molecule has 1 aromatic heterocycles. The van der Waals surface area contributed by atoms with Gasteiger partial charge in [-0.3, -0.25) is 0 Å². The van der Waals surface area contributed by atoms with Gasteiger partial charge in [0.25, 0.3) is 0 Å². The van der Waals surface area contributed by atoms with Crippen LogP contribution in [0.4, 0.5) is 0 Å². The van der Waals surface area contributed by atoms with Crippen molar-refractivity contribution in [3.63, 3.8) is 0 Å². The molecule has 1 heterocycles. The number of halogens is 1. The van der Waals surface area contributed by atoms with Crippen molar-refractivity contribution in [2.75, 3.05) is 0 Å². The first-order chi connectivity index (χ1) is 11.2. The Bertz CT molecular complexity index is 870. The number of rotatable bonds is 4. The summed E-state index contributed by atoms with van der Waals surface area (Å²) in [4.78, 5) is 8.97. The molecule has 0 atom stereocenters. The third-order valence-electron chi connectivity index (χ3n) is 3.55. The first-order valence-electron chi connectivity index (χ1n) is 7.20. The molecule has 3 heteroatoms. The van der Waals surface area contributed by atoms with Crippen LogP contribution in [0, 0.1) is 0 Å². The van der Waals surface area contributed by atoms with E-state index >= 15 is 0 Å². The summed E-state index contributed by atoms with van der Waals surface area (Å²) in [6.45, 7) is 7.67.